The van der Waals surface area contributed by atoms with Gasteiger partial charge in [0.25, 0.3) is 0 Å². The molecule has 2 aromatic heterocycles. The molecule has 0 aliphatic rings. The summed E-state index contributed by atoms with van der Waals surface area (Å²) in [4.78, 5) is 15.5. The maximum atomic E-state index is 10.9. The second kappa shape index (κ2) is 7.07. The van der Waals surface area contributed by atoms with Gasteiger partial charge in [-0.2, -0.15) is 0 Å². The molecule has 2 heterocycles. The largest absolute Gasteiger partial charge is 0.480 e. The number of hydrogen-bond donors (Lipinski definition) is 2. The maximum absolute atomic E-state index is 10.9. The molecule has 0 fully saturated rings. The summed E-state index contributed by atoms with van der Waals surface area (Å²) in [7, 11) is 0. The van der Waals surface area contributed by atoms with E-state index in [4.69, 9.17) is 10.8 Å². The van der Waals surface area contributed by atoms with E-state index in [1.807, 2.05) is 30.3 Å². The van der Waals surface area contributed by atoms with E-state index in [1.54, 1.807) is 6.20 Å². The molecule has 130 valence electrons. The molecule has 0 aliphatic heterocycles. The van der Waals surface area contributed by atoms with Gasteiger partial charge in [-0.15, -0.1) is 0 Å². The number of carbonyl (C=O) groups is 1. The third-order valence-electron chi connectivity index (χ3n) is 4.22. The van der Waals surface area contributed by atoms with E-state index in [0.717, 1.165) is 28.7 Å². The Bertz CT molecular complexity index is 882. The molecule has 0 radical (unpaired) electrons. The van der Waals surface area contributed by atoms with Crippen LogP contribution in [0.5, 0.6) is 0 Å². The van der Waals surface area contributed by atoms with Crippen LogP contribution in [0.25, 0.3) is 16.7 Å². The Morgan fingerprint density at radius 3 is 2.56 bits per heavy atom. The van der Waals surface area contributed by atoms with Crippen molar-refractivity contribution in [3.8, 4) is 5.69 Å². The van der Waals surface area contributed by atoms with Crippen molar-refractivity contribution in [3.63, 3.8) is 0 Å². The van der Waals surface area contributed by atoms with Crippen molar-refractivity contribution in [1.29, 1.82) is 0 Å². The Morgan fingerprint density at radius 1 is 1.20 bits per heavy atom. The SMILES string of the molecule is CC(C)Cc1cc2cccnc2n1-c1ccc(C[C@H](N)C(=O)O)cc1. The molecule has 0 unspecified atom stereocenters. The lowest BCUT2D eigenvalue weighted by molar-refractivity contribution is -0.138. The second-order valence-corrected chi connectivity index (χ2v) is 6.80. The number of carboxylic acid groups (broad SMARTS) is 1. The average molecular weight is 337 g/mol. The standard InChI is InChI=1S/C20H23N3O2/c1-13(2)10-17-12-15-4-3-9-22-19(15)23(17)16-7-5-14(6-8-16)11-18(21)20(24)25/h3-9,12-13,18H,10-11,21H2,1-2H3,(H,24,25)/t18-/m0/s1. The van der Waals surface area contributed by atoms with Gasteiger partial charge in [0.15, 0.2) is 0 Å². The number of fused-ring (bicyclic) bond motifs is 1. The van der Waals surface area contributed by atoms with Crippen LogP contribution < -0.4 is 5.73 Å². The monoisotopic (exact) mass is 337 g/mol. The van der Waals surface area contributed by atoms with Gasteiger partial charge in [0.2, 0.25) is 0 Å². The molecular formula is C20H23N3O2. The van der Waals surface area contributed by atoms with Crippen LogP contribution in [0.4, 0.5) is 0 Å². The molecule has 0 saturated carbocycles. The van der Waals surface area contributed by atoms with Crippen LogP contribution in [-0.4, -0.2) is 26.7 Å². The van der Waals surface area contributed by atoms with Crippen molar-refractivity contribution in [2.45, 2.75) is 32.7 Å². The topological polar surface area (TPSA) is 81.1 Å². The van der Waals surface area contributed by atoms with Gasteiger partial charge in [-0.3, -0.25) is 9.36 Å². The van der Waals surface area contributed by atoms with E-state index in [-0.39, 0.29) is 0 Å². The summed E-state index contributed by atoms with van der Waals surface area (Å²) in [5.74, 6) is -0.445. The highest BCUT2D eigenvalue weighted by Crippen LogP contribution is 2.25. The van der Waals surface area contributed by atoms with Crippen LogP contribution in [0, 0.1) is 5.92 Å². The van der Waals surface area contributed by atoms with Gasteiger partial charge in [0.05, 0.1) is 0 Å². The molecule has 5 nitrogen and oxygen atoms in total. The smallest absolute Gasteiger partial charge is 0.320 e. The van der Waals surface area contributed by atoms with Crippen LogP contribution in [-0.2, 0) is 17.6 Å². The van der Waals surface area contributed by atoms with Crippen LogP contribution in [0.2, 0.25) is 0 Å². The van der Waals surface area contributed by atoms with Crippen LogP contribution in [0.3, 0.4) is 0 Å². The van der Waals surface area contributed by atoms with Gasteiger partial charge < -0.3 is 10.8 Å². The third kappa shape index (κ3) is 3.72. The highest BCUT2D eigenvalue weighted by atomic mass is 16.4. The lowest BCUT2D eigenvalue weighted by Crippen LogP contribution is -2.32. The molecular weight excluding hydrogens is 314 g/mol. The van der Waals surface area contributed by atoms with Gasteiger partial charge in [0.1, 0.15) is 11.7 Å². The molecule has 0 amide bonds. The molecule has 0 spiro atoms. The summed E-state index contributed by atoms with van der Waals surface area (Å²) in [6, 6.07) is 13.2. The predicted octanol–water partition coefficient (Wildman–Crippen LogP) is 3.18. The number of carboxylic acids is 1. The lowest BCUT2D eigenvalue weighted by Gasteiger charge is -2.13. The summed E-state index contributed by atoms with van der Waals surface area (Å²) in [6.45, 7) is 4.40. The predicted molar refractivity (Wildman–Crippen MR) is 98.9 cm³/mol. The van der Waals surface area contributed by atoms with Crippen molar-refractivity contribution < 1.29 is 9.90 Å². The fourth-order valence-corrected chi connectivity index (χ4v) is 3.07. The molecule has 0 bridgehead atoms. The molecule has 0 saturated heterocycles. The van der Waals surface area contributed by atoms with Crippen molar-refractivity contribution in [2.75, 3.05) is 0 Å². The number of nitrogens with zero attached hydrogens (tertiary/aromatic N) is 2. The molecule has 3 N–H and O–H groups in total. The van der Waals surface area contributed by atoms with Gasteiger partial charge in [0, 0.05) is 23.0 Å². The highest BCUT2D eigenvalue weighted by Gasteiger charge is 2.14. The molecule has 3 aromatic rings. The van der Waals surface area contributed by atoms with E-state index in [2.05, 4.69) is 35.5 Å². The van der Waals surface area contributed by atoms with Gasteiger partial charge >= 0.3 is 5.97 Å². The Kier molecular flexibility index (Phi) is 4.86. The highest BCUT2D eigenvalue weighted by molar-refractivity contribution is 5.79. The third-order valence-corrected chi connectivity index (χ3v) is 4.22. The first kappa shape index (κ1) is 17.2. The zero-order valence-electron chi connectivity index (χ0n) is 14.5. The summed E-state index contributed by atoms with van der Waals surface area (Å²) in [6.07, 6.45) is 3.08. The number of nitrogens with two attached hydrogens (primary N) is 1. The van der Waals surface area contributed by atoms with Crippen molar-refractivity contribution in [2.24, 2.45) is 11.7 Å². The van der Waals surface area contributed by atoms with Gasteiger partial charge in [-0.25, -0.2) is 4.98 Å². The zero-order chi connectivity index (χ0) is 18.0. The fourth-order valence-electron chi connectivity index (χ4n) is 3.07. The van der Waals surface area contributed by atoms with E-state index >= 15 is 0 Å². The first-order chi connectivity index (χ1) is 12.0. The van der Waals surface area contributed by atoms with Crippen LogP contribution >= 0.6 is 0 Å². The van der Waals surface area contributed by atoms with Crippen LogP contribution in [0.1, 0.15) is 25.1 Å². The van der Waals surface area contributed by atoms with E-state index < -0.39 is 12.0 Å². The summed E-state index contributed by atoms with van der Waals surface area (Å²) >= 11 is 0. The Labute approximate surface area is 147 Å². The number of benzene rings is 1. The molecule has 1 aromatic carbocycles. The average Bonchev–Trinajstić information content (AvgIpc) is 2.92. The molecule has 25 heavy (non-hydrogen) atoms. The number of aromatic nitrogens is 2. The van der Waals surface area contributed by atoms with Gasteiger partial charge in [-0.05, 0) is 54.7 Å². The maximum Gasteiger partial charge on any atom is 0.320 e. The van der Waals surface area contributed by atoms with E-state index in [9.17, 15) is 4.79 Å². The number of rotatable bonds is 6. The molecule has 0 aliphatic carbocycles. The van der Waals surface area contributed by atoms with E-state index in [0.29, 0.717) is 12.3 Å². The quantitative estimate of drug-likeness (QED) is 0.724. The normalized spacial score (nSPS) is 12.6. The number of hydrogen-bond acceptors (Lipinski definition) is 3. The molecule has 5 heteroatoms. The Balaban J connectivity index is 1.99. The van der Waals surface area contributed by atoms with E-state index in [1.165, 1.54) is 5.69 Å². The minimum atomic E-state index is -0.983. The van der Waals surface area contributed by atoms with Gasteiger partial charge in [-0.1, -0.05) is 26.0 Å². The molecule has 1 atom stereocenters. The van der Waals surface area contributed by atoms with Crippen molar-refractivity contribution in [1.82, 2.24) is 9.55 Å². The minimum absolute atomic E-state index is 0.319. The first-order valence-electron chi connectivity index (χ1n) is 8.48. The van der Waals surface area contributed by atoms with Crippen molar-refractivity contribution in [3.05, 3.63) is 59.9 Å². The summed E-state index contributed by atoms with van der Waals surface area (Å²) in [5, 5.41) is 10.1. The van der Waals surface area contributed by atoms with Crippen LogP contribution in [0.15, 0.2) is 48.7 Å². The minimum Gasteiger partial charge on any atom is -0.480 e. The molecule has 3 rings (SSSR count). The first-order valence-corrected chi connectivity index (χ1v) is 8.48. The summed E-state index contributed by atoms with van der Waals surface area (Å²) < 4.78 is 2.18. The lowest BCUT2D eigenvalue weighted by atomic mass is 10.1. The van der Waals surface area contributed by atoms with Crippen molar-refractivity contribution >= 4 is 17.0 Å². The Morgan fingerprint density at radius 2 is 1.92 bits per heavy atom. The summed E-state index contributed by atoms with van der Waals surface area (Å²) in [5.41, 5.74) is 9.71. The Hall–Kier alpha value is -2.66. The number of aliphatic carboxylic acids is 1. The zero-order valence-corrected chi connectivity index (χ0v) is 14.5. The fraction of sp³-hybridized carbons (Fsp3) is 0.300. The second-order valence-electron chi connectivity index (χ2n) is 6.80. The number of pyridine rings is 1.